The standard InChI is InChI=1S/C16H24O/c1-3-5-6-7-8-12-16(17)15-11-9-10-14(4-2)13-15/h9-11,13H,3-8,12H2,1-2H3. The van der Waals surface area contributed by atoms with E-state index in [1.54, 1.807) is 0 Å². The minimum absolute atomic E-state index is 0.303. The van der Waals surface area contributed by atoms with E-state index in [4.69, 9.17) is 0 Å². The molecular formula is C16H24O. The van der Waals surface area contributed by atoms with Gasteiger partial charge in [-0.05, 0) is 24.5 Å². The predicted octanol–water partition coefficient (Wildman–Crippen LogP) is 4.79. The highest BCUT2D eigenvalue weighted by molar-refractivity contribution is 5.96. The van der Waals surface area contributed by atoms with Crippen molar-refractivity contribution in [2.45, 2.75) is 58.8 Å². The Morgan fingerprint density at radius 3 is 2.53 bits per heavy atom. The van der Waals surface area contributed by atoms with E-state index in [1.807, 2.05) is 18.2 Å². The van der Waals surface area contributed by atoms with Gasteiger partial charge in [0.15, 0.2) is 5.78 Å². The first kappa shape index (κ1) is 14.0. The van der Waals surface area contributed by atoms with Crippen LogP contribution in [0.15, 0.2) is 24.3 Å². The maximum atomic E-state index is 11.9. The Kier molecular flexibility index (Phi) is 6.61. The van der Waals surface area contributed by atoms with E-state index in [0.717, 1.165) is 18.4 Å². The lowest BCUT2D eigenvalue weighted by Crippen LogP contribution is -1.99. The van der Waals surface area contributed by atoms with Crippen molar-refractivity contribution >= 4 is 5.78 Å². The lowest BCUT2D eigenvalue weighted by molar-refractivity contribution is 0.0979. The lowest BCUT2D eigenvalue weighted by Gasteiger charge is -2.03. The minimum Gasteiger partial charge on any atom is -0.294 e. The van der Waals surface area contributed by atoms with Gasteiger partial charge in [0.1, 0.15) is 0 Å². The Hall–Kier alpha value is -1.11. The van der Waals surface area contributed by atoms with Gasteiger partial charge in [-0.15, -0.1) is 0 Å². The zero-order chi connectivity index (χ0) is 12.5. The fourth-order valence-corrected chi connectivity index (χ4v) is 2.00. The number of rotatable bonds is 8. The summed E-state index contributed by atoms with van der Waals surface area (Å²) in [5, 5.41) is 0. The van der Waals surface area contributed by atoms with Gasteiger partial charge in [0.2, 0.25) is 0 Å². The summed E-state index contributed by atoms with van der Waals surface area (Å²) in [6.45, 7) is 4.33. The average molecular weight is 232 g/mol. The Balaban J connectivity index is 2.36. The van der Waals surface area contributed by atoms with E-state index in [2.05, 4.69) is 19.9 Å². The molecule has 1 aromatic rings. The number of carbonyl (C=O) groups is 1. The van der Waals surface area contributed by atoms with Crippen LogP contribution in [-0.4, -0.2) is 5.78 Å². The molecule has 0 aliphatic heterocycles. The van der Waals surface area contributed by atoms with Gasteiger partial charge in [-0.2, -0.15) is 0 Å². The highest BCUT2D eigenvalue weighted by atomic mass is 16.1. The second-order valence-electron chi connectivity index (χ2n) is 4.64. The second kappa shape index (κ2) is 8.05. The number of unbranched alkanes of at least 4 members (excludes halogenated alkanes) is 4. The fraction of sp³-hybridized carbons (Fsp3) is 0.562. The molecule has 1 nitrogen and oxygen atoms in total. The maximum absolute atomic E-state index is 11.9. The quantitative estimate of drug-likeness (QED) is 0.465. The van der Waals surface area contributed by atoms with Gasteiger partial charge >= 0.3 is 0 Å². The van der Waals surface area contributed by atoms with E-state index < -0.39 is 0 Å². The molecule has 0 atom stereocenters. The third kappa shape index (κ3) is 5.16. The Morgan fingerprint density at radius 1 is 1.06 bits per heavy atom. The van der Waals surface area contributed by atoms with Crippen molar-refractivity contribution in [1.29, 1.82) is 0 Å². The highest BCUT2D eigenvalue weighted by Gasteiger charge is 2.05. The number of hydrogen-bond donors (Lipinski definition) is 0. The molecule has 0 aliphatic carbocycles. The SMILES string of the molecule is CCCCCCCC(=O)c1cccc(CC)c1. The van der Waals surface area contributed by atoms with E-state index >= 15 is 0 Å². The van der Waals surface area contributed by atoms with Crippen molar-refractivity contribution in [3.8, 4) is 0 Å². The zero-order valence-corrected chi connectivity index (χ0v) is 11.2. The Labute approximate surface area is 105 Å². The van der Waals surface area contributed by atoms with Gasteiger partial charge in [0.05, 0.1) is 0 Å². The molecule has 0 spiro atoms. The normalized spacial score (nSPS) is 10.5. The predicted molar refractivity (Wildman–Crippen MR) is 73.5 cm³/mol. The summed E-state index contributed by atoms with van der Waals surface area (Å²) in [6.07, 6.45) is 7.74. The summed E-state index contributed by atoms with van der Waals surface area (Å²) in [5.41, 5.74) is 2.14. The molecule has 94 valence electrons. The number of aryl methyl sites for hydroxylation is 1. The third-order valence-electron chi connectivity index (χ3n) is 3.16. The van der Waals surface area contributed by atoms with Gasteiger partial charge < -0.3 is 0 Å². The van der Waals surface area contributed by atoms with Crippen LogP contribution in [-0.2, 0) is 6.42 Å². The highest BCUT2D eigenvalue weighted by Crippen LogP contribution is 2.12. The maximum Gasteiger partial charge on any atom is 0.162 e. The Morgan fingerprint density at radius 2 is 1.82 bits per heavy atom. The monoisotopic (exact) mass is 232 g/mol. The molecule has 0 N–H and O–H groups in total. The molecule has 0 aromatic heterocycles. The number of benzene rings is 1. The summed E-state index contributed by atoms with van der Waals surface area (Å²) in [7, 11) is 0. The molecule has 0 fully saturated rings. The second-order valence-corrected chi connectivity index (χ2v) is 4.64. The van der Waals surface area contributed by atoms with Crippen LogP contribution in [0.4, 0.5) is 0 Å². The van der Waals surface area contributed by atoms with Crippen molar-refractivity contribution in [1.82, 2.24) is 0 Å². The summed E-state index contributed by atoms with van der Waals surface area (Å²) in [4.78, 5) is 11.9. The Bertz CT molecular complexity index is 341. The first-order chi connectivity index (χ1) is 8.27. The van der Waals surface area contributed by atoms with Crippen molar-refractivity contribution in [3.63, 3.8) is 0 Å². The van der Waals surface area contributed by atoms with E-state index in [0.29, 0.717) is 12.2 Å². The van der Waals surface area contributed by atoms with Gasteiger partial charge in [0, 0.05) is 12.0 Å². The molecular weight excluding hydrogens is 208 g/mol. The smallest absolute Gasteiger partial charge is 0.162 e. The molecule has 0 amide bonds. The van der Waals surface area contributed by atoms with Gasteiger partial charge in [0.25, 0.3) is 0 Å². The minimum atomic E-state index is 0.303. The molecule has 0 bridgehead atoms. The zero-order valence-electron chi connectivity index (χ0n) is 11.2. The van der Waals surface area contributed by atoms with E-state index in [-0.39, 0.29) is 0 Å². The van der Waals surface area contributed by atoms with Crippen molar-refractivity contribution in [2.24, 2.45) is 0 Å². The van der Waals surface area contributed by atoms with Crippen LogP contribution in [0.1, 0.15) is 68.3 Å². The lowest BCUT2D eigenvalue weighted by atomic mass is 10.0. The van der Waals surface area contributed by atoms with Crippen LogP contribution in [0.5, 0.6) is 0 Å². The first-order valence-corrected chi connectivity index (χ1v) is 6.90. The van der Waals surface area contributed by atoms with Crippen LogP contribution in [0.3, 0.4) is 0 Å². The van der Waals surface area contributed by atoms with E-state index in [9.17, 15) is 4.79 Å². The van der Waals surface area contributed by atoms with Gasteiger partial charge in [-0.3, -0.25) is 4.79 Å². The van der Waals surface area contributed by atoms with E-state index in [1.165, 1.54) is 31.2 Å². The summed E-state index contributed by atoms with van der Waals surface area (Å²) >= 11 is 0. The molecule has 0 unspecified atom stereocenters. The van der Waals surface area contributed by atoms with Crippen LogP contribution in [0.2, 0.25) is 0 Å². The summed E-state index contributed by atoms with van der Waals surface area (Å²) < 4.78 is 0. The molecule has 0 radical (unpaired) electrons. The summed E-state index contributed by atoms with van der Waals surface area (Å²) in [6, 6.07) is 8.04. The number of ketones is 1. The van der Waals surface area contributed by atoms with Crippen molar-refractivity contribution in [2.75, 3.05) is 0 Å². The molecule has 0 saturated carbocycles. The molecule has 0 heterocycles. The molecule has 0 saturated heterocycles. The molecule has 17 heavy (non-hydrogen) atoms. The number of Topliss-reactive ketones (excluding diaryl/α,β-unsaturated/α-hetero) is 1. The van der Waals surface area contributed by atoms with Crippen molar-refractivity contribution in [3.05, 3.63) is 35.4 Å². The summed E-state index contributed by atoms with van der Waals surface area (Å²) in [5.74, 6) is 0.303. The number of hydrogen-bond acceptors (Lipinski definition) is 1. The molecule has 1 aromatic carbocycles. The molecule has 0 aliphatic rings. The van der Waals surface area contributed by atoms with Crippen LogP contribution in [0.25, 0.3) is 0 Å². The average Bonchev–Trinajstić information content (AvgIpc) is 2.38. The topological polar surface area (TPSA) is 17.1 Å². The molecule has 1 heteroatoms. The third-order valence-corrected chi connectivity index (χ3v) is 3.16. The number of carbonyl (C=O) groups excluding carboxylic acids is 1. The molecule has 1 rings (SSSR count). The fourth-order valence-electron chi connectivity index (χ4n) is 2.00. The van der Waals surface area contributed by atoms with Gasteiger partial charge in [-0.1, -0.05) is 57.7 Å². The largest absolute Gasteiger partial charge is 0.294 e. The van der Waals surface area contributed by atoms with Gasteiger partial charge in [-0.25, -0.2) is 0 Å². The first-order valence-electron chi connectivity index (χ1n) is 6.90. The van der Waals surface area contributed by atoms with Crippen LogP contribution >= 0.6 is 0 Å². The van der Waals surface area contributed by atoms with Crippen LogP contribution < -0.4 is 0 Å². The van der Waals surface area contributed by atoms with Crippen molar-refractivity contribution < 1.29 is 4.79 Å². The van der Waals surface area contributed by atoms with Crippen LogP contribution in [0, 0.1) is 0 Å².